The number of anilines is 1. The number of aliphatic imine (C=N–C) groups is 1. The molecule has 0 heterocycles. The zero-order chi connectivity index (χ0) is 17.5. The standard InChI is InChI=1S/C18H22IN3O2.HI/c1-12-7-13(2)9-15(8-12)22-18(20)21-10-16(23)11-24-17-5-3-14(19)4-6-17;/h3-9,16,23H,10-11H2,1-2H3,(H3,20,21,22);1H. The van der Waals surface area contributed by atoms with Crippen LogP contribution in [0.5, 0.6) is 5.75 Å². The van der Waals surface area contributed by atoms with Crippen molar-refractivity contribution in [1.82, 2.24) is 0 Å². The molecule has 25 heavy (non-hydrogen) atoms. The maximum atomic E-state index is 9.95. The number of aliphatic hydroxyl groups is 1. The number of hydrogen-bond donors (Lipinski definition) is 3. The van der Waals surface area contributed by atoms with Crippen LogP contribution in [0.2, 0.25) is 0 Å². The first-order valence-corrected chi connectivity index (χ1v) is 8.72. The van der Waals surface area contributed by atoms with Crippen molar-refractivity contribution in [3.63, 3.8) is 0 Å². The zero-order valence-electron chi connectivity index (χ0n) is 14.2. The highest BCUT2D eigenvalue weighted by Crippen LogP contribution is 2.14. The molecule has 5 nitrogen and oxygen atoms in total. The highest BCUT2D eigenvalue weighted by Gasteiger charge is 2.05. The first-order valence-electron chi connectivity index (χ1n) is 7.64. The molecule has 2 aromatic rings. The molecule has 0 spiro atoms. The summed E-state index contributed by atoms with van der Waals surface area (Å²) >= 11 is 2.23. The van der Waals surface area contributed by atoms with E-state index in [-0.39, 0.29) is 43.1 Å². The number of rotatable bonds is 6. The lowest BCUT2D eigenvalue weighted by atomic mass is 10.1. The molecular formula is C18H23I2N3O2. The van der Waals surface area contributed by atoms with Gasteiger partial charge in [0.15, 0.2) is 5.96 Å². The topological polar surface area (TPSA) is 79.9 Å². The largest absolute Gasteiger partial charge is 0.491 e. The molecule has 0 saturated heterocycles. The fraction of sp³-hybridized carbons (Fsp3) is 0.278. The Labute approximate surface area is 179 Å². The Morgan fingerprint density at radius 2 is 1.80 bits per heavy atom. The normalized spacial score (nSPS) is 12.2. The second kappa shape index (κ2) is 10.8. The second-order valence-corrected chi connectivity index (χ2v) is 6.89. The van der Waals surface area contributed by atoms with E-state index in [1.165, 1.54) is 0 Å². The summed E-state index contributed by atoms with van der Waals surface area (Å²) in [6.07, 6.45) is -0.719. The van der Waals surface area contributed by atoms with Crippen LogP contribution < -0.4 is 15.8 Å². The molecule has 1 unspecified atom stereocenters. The van der Waals surface area contributed by atoms with Crippen molar-refractivity contribution in [3.05, 3.63) is 57.2 Å². The van der Waals surface area contributed by atoms with Crippen LogP contribution in [-0.2, 0) is 0 Å². The van der Waals surface area contributed by atoms with Crippen molar-refractivity contribution in [2.24, 2.45) is 10.7 Å². The van der Waals surface area contributed by atoms with Gasteiger partial charge >= 0.3 is 0 Å². The number of nitrogens with zero attached hydrogens (tertiary/aromatic N) is 1. The minimum absolute atomic E-state index is 0. The molecule has 0 amide bonds. The molecule has 0 aliphatic heterocycles. The Bertz CT molecular complexity index is 686. The van der Waals surface area contributed by atoms with E-state index in [0.717, 1.165) is 26.1 Å². The van der Waals surface area contributed by atoms with Crippen LogP contribution in [0.3, 0.4) is 0 Å². The summed E-state index contributed by atoms with van der Waals surface area (Å²) in [4.78, 5) is 4.16. The average Bonchev–Trinajstić information content (AvgIpc) is 2.51. The number of halogens is 2. The van der Waals surface area contributed by atoms with E-state index in [0.29, 0.717) is 0 Å². The van der Waals surface area contributed by atoms with E-state index in [4.69, 9.17) is 10.5 Å². The minimum Gasteiger partial charge on any atom is -0.491 e. The maximum absolute atomic E-state index is 9.95. The Morgan fingerprint density at radius 1 is 1.20 bits per heavy atom. The number of nitrogens with one attached hydrogen (secondary N) is 1. The van der Waals surface area contributed by atoms with Crippen LogP contribution in [0.4, 0.5) is 5.69 Å². The van der Waals surface area contributed by atoms with Gasteiger partial charge in [0, 0.05) is 9.26 Å². The molecule has 0 aliphatic rings. The van der Waals surface area contributed by atoms with E-state index < -0.39 is 6.10 Å². The van der Waals surface area contributed by atoms with Crippen molar-refractivity contribution in [3.8, 4) is 5.75 Å². The van der Waals surface area contributed by atoms with E-state index in [9.17, 15) is 5.11 Å². The number of guanidine groups is 1. The fourth-order valence-electron chi connectivity index (χ4n) is 2.21. The van der Waals surface area contributed by atoms with Gasteiger partial charge in [-0.3, -0.25) is 4.99 Å². The smallest absolute Gasteiger partial charge is 0.193 e. The van der Waals surface area contributed by atoms with Gasteiger partial charge in [0.1, 0.15) is 18.5 Å². The summed E-state index contributed by atoms with van der Waals surface area (Å²) in [6.45, 7) is 4.39. The van der Waals surface area contributed by atoms with Crippen molar-refractivity contribution in [2.45, 2.75) is 20.0 Å². The quantitative estimate of drug-likeness (QED) is 0.283. The molecular weight excluding hydrogens is 544 g/mol. The van der Waals surface area contributed by atoms with Crippen LogP contribution in [-0.4, -0.2) is 30.3 Å². The van der Waals surface area contributed by atoms with Crippen LogP contribution in [0.1, 0.15) is 11.1 Å². The molecule has 4 N–H and O–H groups in total. The van der Waals surface area contributed by atoms with E-state index in [1.54, 1.807) is 0 Å². The van der Waals surface area contributed by atoms with E-state index in [2.05, 4.69) is 39.0 Å². The molecule has 0 aliphatic carbocycles. The van der Waals surface area contributed by atoms with Crippen LogP contribution >= 0.6 is 46.6 Å². The predicted molar refractivity (Wildman–Crippen MR) is 122 cm³/mol. The third-order valence-corrected chi connectivity index (χ3v) is 3.94. The summed E-state index contributed by atoms with van der Waals surface area (Å²) in [6, 6.07) is 13.7. The Morgan fingerprint density at radius 3 is 2.40 bits per heavy atom. The zero-order valence-corrected chi connectivity index (χ0v) is 18.7. The number of benzene rings is 2. The van der Waals surface area contributed by atoms with Crippen LogP contribution in [0.15, 0.2) is 47.5 Å². The van der Waals surface area contributed by atoms with Crippen molar-refractivity contribution in [2.75, 3.05) is 18.5 Å². The summed E-state index contributed by atoms with van der Waals surface area (Å²) in [7, 11) is 0. The third kappa shape index (κ3) is 8.23. The molecule has 0 fully saturated rings. The van der Waals surface area contributed by atoms with E-state index in [1.807, 2.05) is 50.2 Å². The van der Waals surface area contributed by atoms with Gasteiger partial charge in [-0.25, -0.2) is 0 Å². The fourth-order valence-corrected chi connectivity index (χ4v) is 2.57. The van der Waals surface area contributed by atoms with Gasteiger partial charge in [0.05, 0.1) is 6.54 Å². The summed E-state index contributed by atoms with van der Waals surface area (Å²) in [5, 5.41) is 13.0. The third-order valence-electron chi connectivity index (χ3n) is 3.22. The summed E-state index contributed by atoms with van der Waals surface area (Å²) in [5.74, 6) is 0.994. The lowest BCUT2D eigenvalue weighted by molar-refractivity contribution is 0.114. The van der Waals surface area contributed by atoms with Crippen molar-refractivity contribution < 1.29 is 9.84 Å². The maximum Gasteiger partial charge on any atom is 0.193 e. The number of aryl methyl sites for hydroxylation is 2. The van der Waals surface area contributed by atoms with Crippen LogP contribution in [0, 0.1) is 17.4 Å². The molecule has 136 valence electrons. The second-order valence-electron chi connectivity index (χ2n) is 5.65. The lowest BCUT2D eigenvalue weighted by Crippen LogP contribution is -2.27. The Hall–Kier alpha value is -1.07. The SMILES string of the molecule is Cc1cc(C)cc(NC(N)=NCC(O)COc2ccc(I)cc2)c1.I. The van der Waals surface area contributed by atoms with Crippen LogP contribution in [0.25, 0.3) is 0 Å². The van der Waals surface area contributed by atoms with Gasteiger partial charge in [0.2, 0.25) is 0 Å². The van der Waals surface area contributed by atoms with Crippen molar-refractivity contribution >= 4 is 58.2 Å². The number of aliphatic hydroxyl groups excluding tert-OH is 1. The molecule has 0 bridgehead atoms. The Balaban J connectivity index is 0.00000312. The Kier molecular flexibility index (Phi) is 9.51. The predicted octanol–water partition coefficient (Wildman–Crippen LogP) is 3.69. The highest BCUT2D eigenvalue weighted by atomic mass is 127. The van der Waals surface area contributed by atoms with E-state index >= 15 is 0 Å². The monoisotopic (exact) mass is 567 g/mol. The highest BCUT2D eigenvalue weighted by molar-refractivity contribution is 14.1. The van der Waals surface area contributed by atoms with Gasteiger partial charge in [-0.1, -0.05) is 6.07 Å². The first kappa shape index (κ1) is 22.0. The molecule has 0 aromatic heterocycles. The van der Waals surface area contributed by atoms with Gasteiger partial charge in [-0.2, -0.15) is 0 Å². The molecule has 2 aromatic carbocycles. The summed E-state index contributed by atoms with van der Waals surface area (Å²) in [5.41, 5.74) is 9.05. The molecule has 2 rings (SSSR count). The lowest BCUT2D eigenvalue weighted by Gasteiger charge is -2.12. The molecule has 0 radical (unpaired) electrons. The van der Waals surface area contributed by atoms with Gasteiger partial charge in [-0.05, 0) is 84.0 Å². The first-order chi connectivity index (χ1) is 11.4. The number of ether oxygens (including phenoxy) is 1. The van der Waals surface area contributed by atoms with Crippen molar-refractivity contribution in [1.29, 1.82) is 0 Å². The van der Waals surface area contributed by atoms with Gasteiger partial charge < -0.3 is 20.9 Å². The number of hydrogen-bond acceptors (Lipinski definition) is 3. The van der Waals surface area contributed by atoms with Gasteiger partial charge in [0.25, 0.3) is 0 Å². The molecule has 0 saturated carbocycles. The molecule has 1 atom stereocenters. The number of nitrogens with two attached hydrogens (primary N) is 1. The average molecular weight is 567 g/mol. The summed E-state index contributed by atoms with van der Waals surface area (Å²) < 4.78 is 6.66. The van der Waals surface area contributed by atoms with Gasteiger partial charge in [-0.15, -0.1) is 24.0 Å². The molecule has 7 heteroatoms. The minimum atomic E-state index is -0.719.